The number of nitrogens with zero attached hydrogens (tertiary/aromatic N) is 1. The Labute approximate surface area is 105 Å². The zero-order valence-electron chi connectivity index (χ0n) is 9.07. The predicted molar refractivity (Wildman–Crippen MR) is 67.4 cm³/mol. The van der Waals surface area contributed by atoms with E-state index in [1.54, 1.807) is 6.20 Å². The molecule has 1 rings (SSSR count). The van der Waals surface area contributed by atoms with E-state index in [4.69, 9.17) is 11.6 Å². The highest BCUT2D eigenvalue weighted by Gasteiger charge is 2.10. The number of nitrogens with one attached hydrogen (secondary N) is 1. The summed E-state index contributed by atoms with van der Waals surface area (Å²) >= 11 is 6.98. The van der Waals surface area contributed by atoms with Gasteiger partial charge in [-0.25, -0.2) is 18.1 Å². The van der Waals surface area contributed by atoms with Crippen LogP contribution in [0.3, 0.4) is 0 Å². The van der Waals surface area contributed by atoms with Gasteiger partial charge in [0.1, 0.15) is 0 Å². The Morgan fingerprint density at radius 2 is 2.25 bits per heavy atom. The molecule has 0 unspecified atom stereocenters. The molecule has 1 aromatic heterocycles. The fraction of sp³-hybridized carbons (Fsp3) is 0.667. The molecule has 0 fully saturated rings. The first-order chi connectivity index (χ1) is 7.53. The van der Waals surface area contributed by atoms with Crippen molar-refractivity contribution in [3.8, 4) is 0 Å². The molecule has 0 aliphatic rings. The second-order valence-electron chi connectivity index (χ2n) is 3.38. The van der Waals surface area contributed by atoms with Crippen molar-refractivity contribution < 1.29 is 8.42 Å². The molecule has 1 aromatic rings. The van der Waals surface area contributed by atoms with Crippen LogP contribution in [0.25, 0.3) is 0 Å². The molecule has 7 heteroatoms. The third-order valence-electron chi connectivity index (χ3n) is 1.93. The van der Waals surface area contributed by atoms with Crippen LogP contribution < -0.4 is 4.72 Å². The maximum absolute atomic E-state index is 11.5. The van der Waals surface area contributed by atoms with Crippen LogP contribution >= 0.6 is 22.9 Å². The molecule has 0 atom stereocenters. The maximum atomic E-state index is 11.5. The van der Waals surface area contributed by atoms with Crippen molar-refractivity contribution in [2.24, 2.45) is 0 Å². The Morgan fingerprint density at radius 3 is 2.81 bits per heavy atom. The number of rotatable bonds is 7. The topological polar surface area (TPSA) is 59.1 Å². The van der Waals surface area contributed by atoms with Crippen molar-refractivity contribution in [2.45, 2.75) is 26.3 Å². The monoisotopic (exact) mass is 282 g/mol. The van der Waals surface area contributed by atoms with Crippen molar-refractivity contribution in [1.29, 1.82) is 0 Å². The molecule has 92 valence electrons. The van der Waals surface area contributed by atoms with Crippen LogP contribution in [0.4, 0.5) is 0 Å². The zero-order chi connectivity index (χ0) is 12.0. The van der Waals surface area contributed by atoms with Gasteiger partial charge in [0.15, 0.2) is 0 Å². The highest BCUT2D eigenvalue weighted by atomic mass is 35.5. The van der Waals surface area contributed by atoms with Crippen molar-refractivity contribution in [2.75, 3.05) is 11.6 Å². The average Bonchev–Trinajstić information content (AvgIpc) is 2.62. The highest BCUT2D eigenvalue weighted by molar-refractivity contribution is 7.89. The van der Waals surface area contributed by atoms with Crippen LogP contribution in [0.2, 0.25) is 0 Å². The van der Waals surface area contributed by atoms with Crippen LogP contribution in [0, 0.1) is 6.92 Å². The van der Waals surface area contributed by atoms with Crippen LogP contribution in [0.5, 0.6) is 0 Å². The van der Waals surface area contributed by atoms with Crippen LogP contribution in [0.15, 0.2) is 6.20 Å². The molecule has 0 amide bonds. The van der Waals surface area contributed by atoms with E-state index in [-0.39, 0.29) is 5.75 Å². The van der Waals surface area contributed by atoms with Crippen LogP contribution in [0.1, 0.15) is 22.7 Å². The standard InChI is InChI=1S/C9H15ClN2O2S2/c1-8-11-6-9(15-8)7-12-16(13,14)5-3-2-4-10/h6,12H,2-5,7H2,1H3. The summed E-state index contributed by atoms with van der Waals surface area (Å²) in [6.07, 6.45) is 3.02. The minimum absolute atomic E-state index is 0.136. The fourth-order valence-corrected chi connectivity index (χ4v) is 3.25. The normalized spacial score (nSPS) is 11.9. The average molecular weight is 283 g/mol. The first kappa shape index (κ1) is 13.9. The quantitative estimate of drug-likeness (QED) is 0.614. The van der Waals surface area contributed by atoms with Gasteiger partial charge in [0.2, 0.25) is 10.0 Å². The van der Waals surface area contributed by atoms with Gasteiger partial charge in [-0.2, -0.15) is 0 Å². The van der Waals surface area contributed by atoms with Gasteiger partial charge in [0.25, 0.3) is 0 Å². The summed E-state index contributed by atoms with van der Waals surface area (Å²) in [6.45, 7) is 2.22. The van der Waals surface area contributed by atoms with E-state index in [1.165, 1.54) is 11.3 Å². The molecule has 1 heterocycles. The number of aryl methyl sites for hydroxylation is 1. The van der Waals surface area contributed by atoms with Gasteiger partial charge in [-0.15, -0.1) is 22.9 Å². The Kier molecular flexibility index (Phi) is 5.68. The molecule has 0 aliphatic carbocycles. The summed E-state index contributed by atoms with van der Waals surface area (Å²) in [7, 11) is -3.17. The Hall–Kier alpha value is -0.170. The van der Waals surface area contributed by atoms with E-state index < -0.39 is 10.0 Å². The largest absolute Gasteiger partial charge is 0.250 e. The molecule has 0 aliphatic heterocycles. The molecule has 0 spiro atoms. The number of halogens is 1. The first-order valence-corrected chi connectivity index (χ1v) is 7.98. The molecule has 1 N–H and O–H groups in total. The minimum Gasteiger partial charge on any atom is -0.250 e. The number of sulfonamides is 1. The third-order valence-corrected chi connectivity index (χ3v) is 4.52. The van der Waals surface area contributed by atoms with Gasteiger partial charge in [0.05, 0.1) is 10.8 Å². The van der Waals surface area contributed by atoms with Crippen molar-refractivity contribution in [3.05, 3.63) is 16.1 Å². The summed E-state index contributed by atoms with van der Waals surface area (Å²) in [4.78, 5) is 4.99. The molecule has 0 saturated heterocycles. The number of alkyl halides is 1. The number of hydrogen-bond donors (Lipinski definition) is 1. The number of aromatic nitrogens is 1. The number of unbranched alkanes of at least 4 members (excludes halogenated alkanes) is 1. The van der Waals surface area contributed by atoms with Crippen molar-refractivity contribution in [3.63, 3.8) is 0 Å². The molecular formula is C9H15ClN2O2S2. The summed E-state index contributed by atoms with van der Waals surface area (Å²) in [6, 6.07) is 0. The lowest BCUT2D eigenvalue weighted by molar-refractivity contribution is 0.578. The first-order valence-electron chi connectivity index (χ1n) is 4.98. The molecule has 0 bridgehead atoms. The van der Waals surface area contributed by atoms with Gasteiger partial charge >= 0.3 is 0 Å². The summed E-state index contributed by atoms with van der Waals surface area (Å²) in [5, 5.41) is 0.941. The highest BCUT2D eigenvalue weighted by Crippen LogP contribution is 2.11. The van der Waals surface area contributed by atoms with Crippen LogP contribution in [-0.2, 0) is 16.6 Å². The molecular weight excluding hydrogens is 268 g/mol. The van der Waals surface area contributed by atoms with Gasteiger partial charge in [-0.3, -0.25) is 0 Å². The predicted octanol–water partition coefficient (Wildman–Crippen LogP) is 1.89. The second-order valence-corrected chi connectivity index (χ2v) is 7.01. The second kappa shape index (κ2) is 6.54. The molecule has 4 nitrogen and oxygen atoms in total. The summed E-state index contributed by atoms with van der Waals surface area (Å²) < 4.78 is 25.6. The Balaban J connectivity index is 2.36. The SMILES string of the molecule is Cc1ncc(CNS(=O)(=O)CCCCCl)s1. The smallest absolute Gasteiger partial charge is 0.211 e. The van der Waals surface area contributed by atoms with Crippen LogP contribution in [-0.4, -0.2) is 25.0 Å². The van der Waals surface area contributed by atoms with E-state index in [1.807, 2.05) is 6.92 Å². The van der Waals surface area contributed by atoms with Crippen molar-refractivity contribution in [1.82, 2.24) is 9.71 Å². The lowest BCUT2D eigenvalue weighted by atomic mass is 10.4. The van der Waals surface area contributed by atoms with E-state index in [0.29, 0.717) is 18.8 Å². The third kappa shape index (κ3) is 5.25. The maximum Gasteiger partial charge on any atom is 0.211 e. The number of thiazole rings is 1. The van der Waals surface area contributed by atoms with Gasteiger partial charge < -0.3 is 0 Å². The zero-order valence-corrected chi connectivity index (χ0v) is 11.5. The van der Waals surface area contributed by atoms with E-state index in [9.17, 15) is 8.42 Å². The van der Waals surface area contributed by atoms with E-state index in [0.717, 1.165) is 16.3 Å². The van der Waals surface area contributed by atoms with Crippen molar-refractivity contribution >= 4 is 33.0 Å². The van der Waals surface area contributed by atoms with E-state index in [2.05, 4.69) is 9.71 Å². The summed E-state index contributed by atoms with van der Waals surface area (Å²) in [5.41, 5.74) is 0. The van der Waals surface area contributed by atoms with E-state index >= 15 is 0 Å². The molecule has 0 aromatic carbocycles. The lowest BCUT2D eigenvalue weighted by Crippen LogP contribution is -2.25. The summed E-state index contributed by atoms with van der Waals surface area (Å²) in [5.74, 6) is 0.640. The Bertz CT molecular complexity index is 417. The Morgan fingerprint density at radius 1 is 1.50 bits per heavy atom. The minimum atomic E-state index is -3.17. The van der Waals surface area contributed by atoms with Gasteiger partial charge in [-0.05, 0) is 19.8 Å². The number of hydrogen-bond acceptors (Lipinski definition) is 4. The molecule has 0 saturated carbocycles. The lowest BCUT2D eigenvalue weighted by Gasteiger charge is -2.04. The van der Waals surface area contributed by atoms with Gasteiger partial charge in [0, 0.05) is 23.5 Å². The van der Waals surface area contributed by atoms with Gasteiger partial charge in [-0.1, -0.05) is 0 Å². The molecule has 0 radical (unpaired) electrons. The fourth-order valence-electron chi connectivity index (χ4n) is 1.13. The molecule has 16 heavy (non-hydrogen) atoms.